The van der Waals surface area contributed by atoms with Crippen molar-refractivity contribution in [3.63, 3.8) is 0 Å². The maximum Gasteiger partial charge on any atom is 0.310 e. The molecule has 102 valence electrons. The number of nitrogens with one attached hydrogen (secondary N) is 1. The molecule has 1 unspecified atom stereocenters. The molecule has 7 heteroatoms. The molecule has 0 bridgehead atoms. The van der Waals surface area contributed by atoms with Crippen LogP contribution in [0, 0.1) is 5.41 Å². The summed E-state index contributed by atoms with van der Waals surface area (Å²) in [5, 5.41) is 9.07. The fraction of sp³-hybridized carbons (Fsp3) is 0.545. The second kappa shape index (κ2) is 5.11. The molecule has 0 spiro atoms. The SMILES string of the molecule is CCC(C)(CNS(=O)(=O)c1ccn(C)c1)C(=O)O. The van der Waals surface area contributed by atoms with Gasteiger partial charge in [-0.05, 0) is 19.4 Å². The number of carboxylic acids is 1. The summed E-state index contributed by atoms with van der Waals surface area (Å²) in [6.45, 7) is 3.10. The number of sulfonamides is 1. The Hall–Kier alpha value is -1.34. The highest BCUT2D eigenvalue weighted by molar-refractivity contribution is 7.89. The van der Waals surface area contributed by atoms with Gasteiger partial charge in [0.05, 0.1) is 10.3 Å². The Morgan fingerprint density at radius 3 is 2.56 bits per heavy atom. The number of carbonyl (C=O) groups is 1. The molecule has 2 N–H and O–H groups in total. The topological polar surface area (TPSA) is 88.4 Å². The van der Waals surface area contributed by atoms with Crippen LogP contribution in [0.4, 0.5) is 0 Å². The zero-order valence-electron chi connectivity index (χ0n) is 10.7. The van der Waals surface area contributed by atoms with E-state index >= 15 is 0 Å². The predicted octanol–water partition coefficient (Wildman–Crippen LogP) is 0.804. The fourth-order valence-corrected chi connectivity index (χ4v) is 2.55. The number of carboxylic acid groups (broad SMARTS) is 1. The summed E-state index contributed by atoms with van der Waals surface area (Å²) in [7, 11) is -1.94. The van der Waals surface area contributed by atoms with Crippen LogP contribution >= 0.6 is 0 Å². The molecule has 1 rings (SSSR count). The lowest BCUT2D eigenvalue weighted by Crippen LogP contribution is -2.40. The van der Waals surface area contributed by atoms with Crippen molar-refractivity contribution in [3.8, 4) is 0 Å². The molecule has 0 fully saturated rings. The average molecular weight is 274 g/mol. The first-order valence-electron chi connectivity index (χ1n) is 5.56. The second-order valence-electron chi connectivity index (χ2n) is 4.56. The Kier molecular flexibility index (Phi) is 4.18. The number of aromatic nitrogens is 1. The van der Waals surface area contributed by atoms with E-state index in [-0.39, 0.29) is 11.4 Å². The van der Waals surface area contributed by atoms with Crippen LogP contribution in [0.3, 0.4) is 0 Å². The van der Waals surface area contributed by atoms with Crippen molar-refractivity contribution in [1.82, 2.24) is 9.29 Å². The molecule has 0 aliphatic heterocycles. The normalized spacial score (nSPS) is 15.3. The minimum Gasteiger partial charge on any atom is -0.481 e. The van der Waals surface area contributed by atoms with Crippen molar-refractivity contribution >= 4 is 16.0 Å². The van der Waals surface area contributed by atoms with E-state index in [1.165, 1.54) is 19.2 Å². The Balaban J connectivity index is 2.83. The molecule has 0 aliphatic carbocycles. The van der Waals surface area contributed by atoms with Gasteiger partial charge < -0.3 is 9.67 Å². The van der Waals surface area contributed by atoms with Crippen molar-refractivity contribution in [1.29, 1.82) is 0 Å². The highest BCUT2D eigenvalue weighted by Gasteiger charge is 2.32. The Morgan fingerprint density at radius 1 is 1.56 bits per heavy atom. The van der Waals surface area contributed by atoms with Crippen LogP contribution in [0.5, 0.6) is 0 Å². The molecule has 0 saturated carbocycles. The lowest BCUT2D eigenvalue weighted by molar-refractivity contribution is -0.147. The van der Waals surface area contributed by atoms with Gasteiger partial charge in [0.1, 0.15) is 0 Å². The van der Waals surface area contributed by atoms with Gasteiger partial charge in [0, 0.05) is 26.0 Å². The van der Waals surface area contributed by atoms with E-state index < -0.39 is 21.4 Å². The maximum atomic E-state index is 11.9. The molecule has 1 aromatic rings. The van der Waals surface area contributed by atoms with Gasteiger partial charge in [-0.15, -0.1) is 0 Å². The van der Waals surface area contributed by atoms with Gasteiger partial charge in [0.25, 0.3) is 0 Å². The van der Waals surface area contributed by atoms with Gasteiger partial charge in [-0.1, -0.05) is 6.92 Å². The smallest absolute Gasteiger partial charge is 0.310 e. The first-order valence-corrected chi connectivity index (χ1v) is 7.04. The average Bonchev–Trinajstić information content (AvgIpc) is 2.73. The van der Waals surface area contributed by atoms with Gasteiger partial charge in [-0.3, -0.25) is 4.79 Å². The van der Waals surface area contributed by atoms with E-state index in [1.807, 2.05) is 0 Å². The summed E-state index contributed by atoms with van der Waals surface area (Å²) >= 11 is 0. The summed E-state index contributed by atoms with van der Waals surface area (Å²) in [4.78, 5) is 11.2. The number of aryl methyl sites for hydroxylation is 1. The molecule has 6 nitrogen and oxygen atoms in total. The van der Waals surface area contributed by atoms with Crippen molar-refractivity contribution in [2.45, 2.75) is 25.2 Å². The molecule has 0 amide bonds. The maximum absolute atomic E-state index is 11.9. The second-order valence-corrected chi connectivity index (χ2v) is 6.32. The number of rotatable bonds is 6. The molecular weight excluding hydrogens is 256 g/mol. The lowest BCUT2D eigenvalue weighted by Gasteiger charge is -2.22. The molecule has 1 heterocycles. The zero-order chi connectivity index (χ0) is 14.0. The van der Waals surface area contributed by atoms with E-state index in [2.05, 4.69) is 4.72 Å². The summed E-state index contributed by atoms with van der Waals surface area (Å²) in [6.07, 6.45) is 3.43. The highest BCUT2D eigenvalue weighted by atomic mass is 32.2. The molecule has 18 heavy (non-hydrogen) atoms. The number of hydrogen-bond acceptors (Lipinski definition) is 3. The van der Waals surface area contributed by atoms with Crippen LogP contribution in [0.1, 0.15) is 20.3 Å². The van der Waals surface area contributed by atoms with Crippen molar-refractivity contribution in [3.05, 3.63) is 18.5 Å². The number of hydrogen-bond donors (Lipinski definition) is 2. The van der Waals surface area contributed by atoms with Crippen LogP contribution < -0.4 is 4.72 Å². The van der Waals surface area contributed by atoms with E-state index in [9.17, 15) is 13.2 Å². The summed E-state index contributed by atoms with van der Waals surface area (Å²) in [5.74, 6) is -1.01. The monoisotopic (exact) mass is 274 g/mol. The van der Waals surface area contributed by atoms with Gasteiger partial charge >= 0.3 is 5.97 Å². The third kappa shape index (κ3) is 3.11. The summed E-state index contributed by atoms with van der Waals surface area (Å²) in [5.41, 5.74) is -1.10. The molecule has 0 aliphatic rings. The van der Waals surface area contributed by atoms with Crippen LogP contribution in [0.2, 0.25) is 0 Å². The highest BCUT2D eigenvalue weighted by Crippen LogP contribution is 2.21. The van der Waals surface area contributed by atoms with Crippen molar-refractivity contribution < 1.29 is 18.3 Å². The standard InChI is InChI=1S/C11H18N2O4S/c1-4-11(2,10(14)15)8-12-18(16,17)9-5-6-13(3)7-9/h5-7,12H,4,8H2,1-3H3,(H,14,15). The van der Waals surface area contributed by atoms with Crippen molar-refractivity contribution in [2.75, 3.05) is 6.54 Å². The van der Waals surface area contributed by atoms with Gasteiger partial charge in [0.2, 0.25) is 10.0 Å². The minimum absolute atomic E-state index is 0.129. The zero-order valence-corrected chi connectivity index (χ0v) is 11.5. The minimum atomic E-state index is -3.65. The predicted molar refractivity (Wildman–Crippen MR) is 66.6 cm³/mol. The third-order valence-electron chi connectivity index (χ3n) is 3.06. The van der Waals surface area contributed by atoms with E-state index in [4.69, 9.17) is 5.11 Å². The van der Waals surface area contributed by atoms with Gasteiger partial charge in [-0.25, -0.2) is 13.1 Å². The molecule has 0 saturated heterocycles. The molecule has 1 aromatic heterocycles. The van der Waals surface area contributed by atoms with Gasteiger partial charge in [0.15, 0.2) is 0 Å². The third-order valence-corrected chi connectivity index (χ3v) is 4.45. The molecule has 1 atom stereocenters. The molecular formula is C11H18N2O4S. The number of nitrogens with zero attached hydrogens (tertiary/aromatic N) is 1. The van der Waals surface area contributed by atoms with Crippen molar-refractivity contribution in [2.24, 2.45) is 12.5 Å². The van der Waals surface area contributed by atoms with Crippen LogP contribution in [0.15, 0.2) is 23.4 Å². The van der Waals surface area contributed by atoms with E-state index in [1.54, 1.807) is 24.7 Å². The Labute approximate surface area is 107 Å². The Morgan fingerprint density at radius 2 is 2.17 bits per heavy atom. The summed E-state index contributed by atoms with van der Waals surface area (Å²) < 4.78 is 27.8. The Bertz CT molecular complexity index is 535. The van der Waals surface area contributed by atoms with Crippen LogP contribution in [-0.2, 0) is 21.9 Å². The molecule has 0 aromatic carbocycles. The summed E-state index contributed by atoms with van der Waals surface area (Å²) in [6, 6.07) is 1.46. The lowest BCUT2D eigenvalue weighted by atomic mass is 9.88. The fourth-order valence-electron chi connectivity index (χ4n) is 1.33. The quantitative estimate of drug-likeness (QED) is 0.803. The van der Waals surface area contributed by atoms with Crippen LogP contribution in [-0.4, -0.2) is 30.6 Å². The van der Waals surface area contributed by atoms with E-state index in [0.29, 0.717) is 6.42 Å². The number of aliphatic carboxylic acids is 1. The van der Waals surface area contributed by atoms with Crippen LogP contribution in [0.25, 0.3) is 0 Å². The van der Waals surface area contributed by atoms with E-state index in [0.717, 1.165) is 0 Å². The van der Waals surface area contributed by atoms with Gasteiger partial charge in [-0.2, -0.15) is 0 Å². The first-order chi connectivity index (χ1) is 8.21. The molecule has 0 radical (unpaired) electrons. The largest absolute Gasteiger partial charge is 0.481 e. The first kappa shape index (κ1) is 14.7.